The molecule has 2 rings (SSSR count). The predicted molar refractivity (Wildman–Crippen MR) is 68.4 cm³/mol. The van der Waals surface area contributed by atoms with Gasteiger partial charge in [0.2, 0.25) is 0 Å². The standard InChI is InChI=1S/C12H15N3S/c1-9-3-4-12(11(13)7-9)16-8-10-5-6-15(2)14-10/h3-7H,8,13H2,1-2H3. The van der Waals surface area contributed by atoms with Gasteiger partial charge in [-0.25, -0.2) is 0 Å². The van der Waals surface area contributed by atoms with E-state index in [0.29, 0.717) is 0 Å². The Balaban J connectivity index is 2.04. The molecule has 1 aromatic carbocycles. The summed E-state index contributed by atoms with van der Waals surface area (Å²) >= 11 is 1.72. The van der Waals surface area contributed by atoms with Gasteiger partial charge in [0.15, 0.2) is 0 Å². The fraction of sp³-hybridized carbons (Fsp3) is 0.250. The Bertz CT molecular complexity index is 491. The third kappa shape index (κ3) is 2.58. The molecule has 3 nitrogen and oxygen atoms in total. The maximum Gasteiger partial charge on any atom is 0.0727 e. The topological polar surface area (TPSA) is 43.8 Å². The van der Waals surface area contributed by atoms with E-state index in [1.54, 1.807) is 11.8 Å². The number of benzene rings is 1. The van der Waals surface area contributed by atoms with Crippen molar-refractivity contribution in [3.8, 4) is 0 Å². The van der Waals surface area contributed by atoms with Gasteiger partial charge >= 0.3 is 0 Å². The van der Waals surface area contributed by atoms with Crippen molar-refractivity contribution in [1.29, 1.82) is 0 Å². The van der Waals surface area contributed by atoms with Crippen molar-refractivity contribution in [2.24, 2.45) is 7.05 Å². The van der Waals surface area contributed by atoms with Gasteiger partial charge in [0.1, 0.15) is 0 Å². The first-order valence-electron chi connectivity index (χ1n) is 5.12. The predicted octanol–water partition coefficient (Wildman–Crippen LogP) is 2.60. The Labute approximate surface area is 99.7 Å². The monoisotopic (exact) mass is 233 g/mol. The van der Waals surface area contributed by atoms with Gasteiger partial charge in [-0.05, 0) is 30.7 Å². The fourth-order valence-electron chi connectivity index (χ4n) is 1.49. The number of anilines is 1. The maximum absolute atomic E-state index is 5.94. The van der Waals surface area contributed by atoms with E-state index in [0.717, 1.165) is 22.0 Å². The van der Waals surface area contributed by atoms with Crippen LogP contribution in [0.15, 0.2) is 35.4 Å². The minimum Gasteiger partial charge on any atom is -0.398 e. The molecule has 84 valence electrons. The van der Waals surface area contributed by atoms with Crippen molar-refractivity contribution >= 4 is 17.4 Å². The summed E-state index contributed by atoms with van der Waals surface area (Å²) in [5.41, 5.74) is 9.06. The number of rotatable bonds is 3. The van der Waals surface area contributed by atoms with Gasteiger partial charge in [0, 0.05) is 29.6 Å². The van der Waals surface area contributed by atoms with Crippen LogP contribution in [-0.2, 0) is 12.8 Å². The van der Waals surface area contributed by atoms with E-state index in [-0.39, 0.29) is 0 Å². The van der Waals surface area contributed by atoms with Gasteiger partial charge in [-0.3, -0.25) is 4.68 Å². The Morgan fingerprint density at radius 1 is 1.38 bits per heavy atom. The summed E-state index contributed by atoms with van der Waals surface area (Å²) in [5, 5.41) is 4.33. The molecule has 0 saturated heterocycles. The van der Waals surface area contributed by atoms with Gasteiger partial charge in [-0.15, -0.1) is 11.8 Å². The van der Waals surface area contributed by atoms with Gasteiger partial charge in [-0.2, -0.15) is 5.10 Å². The molecule has 1 aromatic heterocycles. The van der Waals surface area contributed by atoms with Gasteiger partial charge in [-0.1, -0.05) is 6.07 Å². The summed E-state index contributed by atoms with van der Waals surface area (Å²) in [6.45, 7) is 2.05. The van der Waals surface area contributed by atoms with Crippen molar-refractivity contribution in [2.75, 3.05) is 5.73 Å². The second-order valence-electron chi connectivity index (χ2n) is 3.81. The smallest absolute Gasteiger partial charge is 0.0727 e. The number of thioether (sulfide) groups is 1. The second kappa shape index (κ2) is 4.61. The lowest BCUT2D eigenvalue weighted by molar-refractivity contribution is 0.755. The van der Waals surface area contributed by atoms with E-state index in [4.69, 9.17) is 5.73 Å². The molecule has 2 N–H and O–H groups in total. The van der Waals surface area contributed by atoms with Gasteiger partial charge in [0.05, 0.1) is 5.69 Å². The first-order chi connectivity index (χ1) is 7.65. The van der Waals surface area contributed by atoms with Crippen molar-refractivity contribution < 1.29 is 0 Å². The third-order valence-electron chi connectivity index (χ3n) is 2.31. The van der Waals surface area contributed by atoms with Crippen molar-refractivity contribution in [1.82, 2.24) is 9.78 Å². The molecule has 0 spiro atoms. The SMILES string of the molecule is Cc1ccc(SCc2ccn(C)n2)c(N)c1. The zero-order chi connectivity index (χ0) is 11.5. The molecule has 0 radical (unpaired) electrons. The minimum atomic E-state index is 0.848. The lowest BCUT2D eigenvalue weighted by Crippen LogP contribution is -1.92. The van der Waals surface area contributed by atoms with Crippen LogP contribution in [0.5, 0.6) is 0 Å². The van der Waals surface area contributed by atoms with Crippen molar-refractivity contribution in [3.63, 3.8) is 0 Å². The highest BCUT2D eigenvalue weighted by Crippen LogP contribution is 2.28. The van der Waals surface area contributed by atoms with E-state index in [2.05, 4.69) is 17.2 Å². The summed E-state index contributed by atoms with van der Waals surface area (Å²) in [7, 11) is 1.93. The molecule has 1 heterocycles. The maximum atomic E-state index is 5.94. The highest BCUT2D eigenvalue weighted by molar-refractivity contribution is 7.98. The molecular weight excluding hydrogens is 218 g/mol. The van der Waals surface area contributed by atoms with Crippen LogP contribution >= 0.6 is 11.8 Å². The van der Waals surface area contributed by atoms with E-state index < -0.39 is 0 Å². The molecule has 0 atom stereocenters. The number of hydrogen-bond donors (Lipinski definition) is 1. The van der Waals surface area contributed by atoms with Crippen LogP contribution in [0.25, 0.3) is 0 Å². The molecule has 0 aliphatic carbocycles. The first kappa shape index (κ1) is 11.1. The second-order valence-corrected chi connectivity index (χ2v) is 4.83. The number of nitrogens with zero attached hydrogens (tertiary/aromatic N) is 2. The fourth-order valence-corrected chi connectivity index (χ4v) is 2.34. The number of aromatic nitrogens is 2. The average Bonchev–Trinajstić information content (AvgIpc) is 2.63. The largest absolute Gasteiger partial charge is 0.398 e. The Hall–Kier alpha value is -1.42. The number of nitrogen functional groups attached to an aromatic ring is 1. The molecule has 0 amide bonds. The molecule has 0 aliphatic heterocycles. The van der Waals surface area contributed by atoms with Crippen LogP contribution in [0.3, 0.4) is 0 Å². The molecule has 4 heteroatoms. The first-order valence-corrected chi connectivity index (χ1v) is 6.11. The van der Waals surface area contributed by atoms with Crippen LogP contribution in [0, 0.1) is 6.92 Å². The van der Waals surface area contributed by atoms with Crippen molar-refractivity contribution in [2.45, 2.75) is 17.6 Å². The summed E-state index contributed by atoms with van der Waals surface area (Å²) in [6, 6.07) is 8.17. The van der Waals surface area contributed by atoms with Gasteiger partial charge < -0.3 is 5.73 Å². The van der Waals surface area contributed by atoms with E-state index in [1.807, 2.05) is 37.0 Å². The molecule has 0 unspecified atom stereocenters. The van der Waals surface area contributed by atoms with Crippen LogP contribution in [0.1, 0.15) is 11.3 Å². The number of nitrogens with two attached hydrogens (primary N) is 1. The van der Waals surface area contributed by atoms with Gasteiger partial charge in [0.25, 0.3) is 0 Å². The van der Waals surface area contributed by atoms with Crippen molar-refractivity contribution in [3.05, 3.63) is 41.7 Å². The zero-order valence-electron chi connectivity index (χ0n) is 9.47. The normalized spacial score (nSPS) is 10.6. The highest BCUT2D eigenvalue weighted by atomic mass is 32.2. The zero-order valence-corrected chi connectivity index (χ0v) is 10.3. The Kier molecular flexibility index (Phi) is 3.19. The average molecular weight is 233 g/mol. The minimum absolute atomic E-state index is 0.848. The summed E-state index contributed by atoms with van der Waals surface area (Å²) in [4.78, 5) is 1.12. The number of aryl methyl sites for hydroxylation is 2. The highest BCUT2D eigenvalue weighted by Gasteiger charge is 2.02. The summed E-state index contributed by atoms with van der Waals surface area (Å²) in [6.07, 6.45) is 1.95. The molecular formula is C12H15N3S. The lowest BCUT2D eigenvalue weighted by atomic mass is 10.2. The molecule has 0 bridgehead atoms. The van der Waals surface area contributed by atoms with Crippen LogP contribution in [0.2, 0.25) is 0 Å². The summed E-state index contributed by atoms with van der Waals surface area (Å²) < 4.78 is 1.81. The quantitative estimate of drug-likeness (QED) is 0.654. The molecule has 0 fully saturated rings. The molecule has 16 heavy (non-hydrogen) atoms. The molecule has 0 aliphatic rings. The van der Waals surface area contributed by atoms with Crippen LogP contribution < -0.4 is 5.73 Å². The Morgan fingerprint density at radius 3 is 2.81 bits per heavy atom. The summed E-state index contributed by atoms with van der Waals surface area (Å²) in [5.74, 6) is 0.855. The van der Waals surface area contributed by atoms with E-state index >= 15 is 0 Å². The van der Waals surface area contributed by atoms with Crippen LogP contribution in [-0.4, -0.2) is 9.78 Å². The Morgan fingerprint density at radius 2 is 2.19 bits per heavy atom. The lowest BCUT2D eigenvalue weighted by Gasteiger charge is -2.04. The third-order valence-corrected chi connectivity index (χ3v) is 3.43. The van der Waals surface area contributed by atoms with E-state index in [9.17, 15) is 0 Å². The van der Waals surface area contributed by atoms with E-state index in [1.165, 1.54) is 5.56 Å². The molecule has 0 saturated carbocycles. The molecule has 2 aromatic rings. The van der Waals surface area contributed by atoms with Crippen LogP contribution in [0.4, 0.5) is 5.69 Å². The number of hydrogen-bond acceptors (Lipinski definition) is 3.